The molecular formula is C19H18F2N2O2S2. The molecule has 0 aliphatic carbocycles. The van der Waals surface area contributed by atoms with Gasteiger partial charge in [-0.25, -0.2) is 18.7 Å². The first-order chi connectivity index (χ1) is 13.0. The Balaban J connectivity index is 1.48. The summed E-state index contributed by atoms with van der Waals surface area (Å²) in [6.45, 7) is 2.01. The van der Waals surface area contributed by atoms with Crippen LogP contribution in [0.4, 0.5) is 8.78 Å². The second-order valence-corrected chi connectivity index (χ2v) is 8.24. The van der Waals surface area contributed by atoms with Gasteiger partial charge in [0, 0.05) is 31.2 Å². The minimum absolute atomic E-state index is 0.171. The van der Waals surface area contributed by atoms with Crippen LogP contribution < -0.4 is 0 Å². The summed E-state index contributed by atoms with van der Waals surface area (Å²) in [4.78, 5) is 20.6. The summed E-state index contributed by atoms with van der Waals surface area (Å²) >= 11 is 3.08. The van der Waals surface area contributed by atoms with E-state index in [1.54, 1.807) is 24.2 Å². The number of hydrogen-bond donors (Lipinski definition) is 0. The highest BCUT2D eigenvalue weighted by Gasteiger charge is 2.14. The van der Waals surface area contributed by atoms with Gasteiger partial charge in [-0.05, 0) is 12.1 Å². The molecule has 4 nitrogen and oxygen atoms in total. The SMILES string of the molecule is CCc1cnc(CSc2cnc(CCC(=O)Cc3c(F)cccc3F)s2)o1. The Labute approximate surface area is 164 Å². The van der Waals surface area contributed by atoms with E-state index in [4.69, 9.17) is 4.42 Å². The van der Waals surface area contributed by atoms with Crippen LogP contribution in [0.25, 0.3) is 0 Å². The predicted molar refractivity (Wildman–Crippen MR) is 101 cm³/mol. The highest BCUT2D eigenvalue weighted by molar-refractivity contribution is 8.00. The first-order valence-electron chi connectivity index (χ1n) is 8.50. The number of oxazole rings is 1. The molecule has 0 aliphatic rings. The Bertz CT molecular complexity index is 904. The molecule has 0 saturated carbocycles. The van der Waals surface area contributed by atoms with E-state index < -0.39 is 11.6 Å². The normalized spacial score (nSPS) is 11.1. The van der Waals surface area contributed by atoms with E-state index in [9.17, 15) is 13.6 Å². The monoisotopic (exact) mass is 408 g/mol. The molecule has 2 heterocycles. The van der Waals surface area contributed by atoms with Crippen molar-refractivity contribution in [2.45, 2.75) is 42.6 Å². The fourth-order valence-corrected chi connectivity index (χ4v) is 4.29. The number of thioether (sulfide) groups is 1. The zero-order chi connectivity index (χ0) is 19.2. The number of carbonyl (C=O) groups excluding carboxylic acids is 1. The van der Waals surface area contributed by atoms with Crippen LogP contribution >= 0.6 is 23.1 Å². The first kappa shape index (κ1) is 19.7. The molecule has 0 amide bonds. The van der Waals surface area contributed by atoms with Crippen molar-refractivity contribution in [3.63, 3.8) is 0 Å². The summed E-state index contributed by atoms with van der Waals surface area (Å²) in [5.41, 5.74) is -0.171. The van der Waals surface area contributed by atoms with Crippen LogP contribution in [0.3, 0.4) is 0 Å². The molecule has 3 aromatic rings. The Hall–Kier alpha value is -2.06. The van der Waals surface area contributed by atoms with Crippen molar-refractivity contribution in [3.8, 4) is 0 Å². The standard InChI is InChI=1S/C19H18F2N2O2S2/c1-2-13-9-22-17(25-13)11-26-19-10-23-18(27-19)7-6-12(24)8-14-15(20)4-3-5-16(14)21/h3-5,9-10H,2,6-8,11H2,1H3. The topological polar surface area (TPSA) is 56.0 Å². The smallest absolute Gasteiger partial charge is 0.204 e. The first-order valence-corrected chi connectivity index (χ1v) is 10.3. The van der Waals surface area contributed by atoms with Gasteiger partial charge in [-0.3, -0.25) is 4.79 Å². The molecule has 0 aliphatic heterocycles. The van der Waals surface area contributed by atoms with Crippen molar-refractivity contribution in [2.75, 3.05) is 0 Å². The van der Waals surface area contributed by atoms with Crippen molar-refractivity contribution in [1.82, 2.24) is 9.97 Å². The fourth-order valence-electron chi connectivity index (χ4n) is 2.42. The largest absolute Gasteiger partial charge is 0.445 e. The lowest BCUT2D eigenvalue weighted by molar-refractivity contribution is -0.118. The molecule has 8 heteroatoms. The molecule has 0 atom stereocenters. The average Bonchev–Trinajstić information content (AvgIpc) is 3.30. The van der Waals surface area contributed by atoms with Crippen molar-refractivity contribution < 1.29 is 18.0 Å². The van der Waals surface area contributed by atoms with E-state index in [0.717, 1.165) is 33.5 Å². The number of ketones is 1. The number of Topliss-reactive ketones (excluding diaryl/α,β-unsaturated/α-hetero) is 1. The minimum atomic E-state index is -0.686. The molecule has 0 radical (unpaired) electrons. The molecular weight excluding hydrogens is 390 g/mol. The number of thiazole rings is 1. The van der Waals surface area contributed by atoms with Crippen molar-refractivity contribution >= 4 is 28.9 Å². The van der Waals surface area contributed by atoms with Gasteiger partial charge in [0.2, 0.25) is 5.89 Å². The highest BCUT2D eigenvalue weighted by Crippen LogP contribution is 2.29. The second kappa shape index (κ2) is 9.23. The van der Waals surface area contributed by atoms with Gasteiger partial charge in [0.1, 0.15) is 23.2 Å². The molecule has 0 fully saturated rings. The zero-order valence-corrected chi connectivity index (χ0v) is 16.3. The summed E-state index contributed by atoms with van der Waals surface area (Å²) in [5, 5.41) is 0.821. The molecule has 0 saturated heterocycles. The van der Waals surface area contributed by atoms with Crippen LogP contribution in [0.1, 0.15) is 35.6 Å². The van der Waals surface area contributed by atoms with Gasteiger partial charge in [0.05, 0.1) is 27.4 Å². The molecule has 142 valence electrons. The van der Waals surface area contributed by atoms with E-state index in [-0.39, 0.29) is 24.2 Å². The number of rotatable bonds is 9. The third-order valence-electron chi connectivity index (χ3n) is 3.87. The van der Waals surface area contributed by atoms with Gasteiger partial charge in [-0.2, -0.15) is 0 Å². The third-order valence-corrected chi connectivity index (χ3v) is 6.11. The van der Waals surface area contributed by atoms with Gasteiger partial charge < -0.3 is 4.42 Å². The number of carbonyl (C=O) groups is 1. The van der Waals surface area contributed by atoms with Gasteiger partial charge in [-0.15, -0.1) is 23.1 Å². The van der Waals surface area contributed by atoms with Crippen molar-refractivity contribution in [3.05, 3.63) is 64.4 Å². The van der Waals surface area contributed by atoms with Crippen molar-refractivity contribution in [2.24, 2.45) is 0 Å². The molecule has 0 bridgehead atoms. The van der Waals surface area contributed by atoms with Crippen LogP contribution in [0.15, 0.2) is 39.2 Å². The lowest BCUT2D eigenvalue weighted by Gasteiger charge is -2.03. The highest BCUT2D eigenvalue weighted by atomic mass is 32.2. The number of hydrogen-bond acceptors (Lipinski definition) is 6. The second-order valence-electron chi connectivity index (χ2n) is 5.85. The Morgan fingerprint density at radius 3 is 2.70 bits per heavy atom. The van der Waals surface area contributed by atoms with Crippen molar-refractivity contribution in [1.29, 1.82) is 0 Å². The van der Waals surface area contributed by atoms with E-state index in [0.29, 0.717) is 18.1 Å². The van der Waals surface area contributed by atoms with Crippen LogP contribution in [0.5, 0.6) is 0 Å². The maximum Gasteiger partial charge on any atom is 0.204 e. The van der Waals surface area contributed by atoms with Crippen LogP contribution in [-0.2, 0) is 29.8 Å². The summed E-state index contributed by atoms with van der Waals surface area (Å²) < 4.78 is 33.8. The Morgan fingerprint density at radius 1 is 1.22 bits per heavy atom. The van der Waals surface area contributed by atoms with Gasteiger partial charge in [0.25, 0.3) is 0 Å². The van der Waals surface area contributed by atoms with Gasteiger partial charge in [0.15, 0.2) is 0 Å². The number of aromatic nitrogens is 2. The number of benzene rings is 1. The summed E-state index contributed by atoms with van der Waals surface area (Å²) in [6.07, 6.45) is 4.72. The molecule has 1 aromatic carbocycles. The number of nitrogens with zero attached hydrogens (tertiary/aromatic N) is 2. The lowest BCUT2D eigenvalue weighted by atomic mass is 10.0. The molecule has 2 aromatic heterocycles. The quantitative estimate of drug-likeness (QED) is 0.466. The Kier molecular flexibility index (Phi) is 6.73. The maximum atomic E-state index is 13.6. The molecule has 27 heavy (non-hydrogen) atoms. The molecule has 0 spiro atoms. The zero-order valence-electron chi connectivity index (χ0n) is 14.7. The third kappa shape index (κ3) is 5.46. The average molecular weight is 408 g/mol. The number of aryl methyl sites for hydroxylation is 2. The molecule has 3 rings (SSSR count). The van der Waals surface area contributed by atoms with E-state index >= 15 is 0 Å². The summed E-state index contributed by atoms with van der Waals surface area (Å²) in [7, 11) is 0. The van der Waals surface area contributed by atoms with Crippen LogP contribution in [0, 0.1) is 11.6 Å². The number of halogens is 2. The summed E-state index contributed by atoms with van der Waals surface area (Å²) in [5.74, 6) is 0.570. The summed E-state index contributed by atoms with van der Waals surface area (Å²) in [6, 6.07) is 3.61. The van der Waals surface area contributed by atoms with Crippen LogP contribution in [-0.4, -0.2) is 15.8 Å². The predicted octanol–water partition coefficient (Wildman–Crippen LogP) is 5.01. The van der Waals surface area contributed by atoms with Crippen LogP contribution in [0.2, 0.25) is 0 Å². The molecule has 0 unspecified atom stereocenters. The fraction of sp³-hybridized carbons (Fsp3) is 0.316. The Morgan fingerprint density at radius 2 is 2.00 bits per heavy atom. The van der Waals surface area contributed by atoms with E-state index in [2.05, 4.69) is 9.97 Å². The van der Waals surface area contributed by atoms with Gasteiger partial charge >= 0.3 is 0 Å². The minimum Gasteiger partial charge on any atom is -0.445 e. The molecule has 0 N–H and O–H groups in total. The lowest BCUT2D eigenvalue weighted by Crippen LogP contribution is -2.07. The van der Waals surface area contributed by atoms with E-state index in [1.165, 1.54) is 17.4 Å². The maximum absolute atomic E-state index is 13.6. The van der Waals surface area contributed by atoms with E-state index in [1.807, 2.05) is 6.92 Å². The van der Waals surface area contributed by atoms with Gasteiger partial charge in [-0.1, -0.05) is 13.0 Å².